The topological polar surface area (TPSA) is 46.5 Å². The summed E-state index contributed by atoms with van der Waals surface area (Å²) in [5.74, 6) is -0.353. The third-order valence-corrected chi connectivity index (χ3v) is 1.56. The molecule has 0 aliphatic heterocycles. The van der Waals surface area contributed by atoms with Crippen molar-refractivity contribution in [3.05, 3.63) is 12.2 Å². The molecule has 0 saturated heterocycles. The van der Waals surface area contributed by atoms with E-state index in [0.29, 0.717) is 0 Å². The maximum absolute atomic E-state index is 11.1. The van der Waals surface area contributed by atoms with E-state index in [0.717, 1.165) is 12.8 Å². The van der Waals surface area contributed by atoms with E-state index in [1.807, 2.05) is 6.08 Å². The van der Waals surface area contributed by atoms with Crippen molar-refractivity contribution >= 4 is 5.97 Å². The summed E-state index contributed by atoms with van der Waals surface area (Å²) in [4.78, 5) is 11.1. The SMILES string of the molecule is CCC/C=C/C(O)CC(=O)OC(C)C. The van der Waals surface area contributed by atoms with Crippen LogP contribution in [0.3, 0.4) is 0 Å². The zero-order chi connectivity index (χ0) is 11.0. The van der Waals surface area contributed by atoms with E-state index in [4.69, 9.17) is 4.74 Å². The summed E-state index contributed by atoms with van der Waals surface area (Å²) in [5, 5.41) is 9.37. The molecule has 3 nitrogen and oxygen atoms in total. The Hall–Kier alpha value is -0.830. The van der Waals surface area contributed by atoms with E-state index >= 15 is 0 Å². The standard InChI is InChI=1S/C11H20O3/c1-4-5-6-7-10(12)8-11(13)14-9(2)3/h6-7,9-10,12H,4-5,8H2,1-3H3/b7-6+. The number of rotatable bonds is 6. The van der Waals surface area contributed by atoms with Crippen LogP contribution in [-0.4, -0.2) is 23.3 Å². The van der Waals surface area contributed by atoms with Crippen molar-refractivity contribution in [1.82, 2.24) is 0 Å². The third kappa shape index (κ3) is 7.80. The highest BCUT2D eigenvalue weighted by atomic mass is 16.5. The summed E-state index contributed by atoms with van der Waals surface area (Å²) in [7, 11) is 0. The zero-order valence-corrected chi connectivity index (χ0v) is 9.19. The lowest BCUT2D eigenvalue weighted by atomic mass is 10.2. The summed E-state index contributed by atoms with van der Waals surface area (Å²) in [6.45, 7) is 5.64. The van der Waals surface area contributed by atoms with E-state index in [9.17, 15) is 9.90 Å². The summed E-state index contributed by atoms with van der Waals surface area (Å²) in [5.41, 5.74) is 0. The van der Waals surface area contributed by atoms with Crippen molar-refractivity contribution in [1.29, 1.82) is 0 Å². The van der Waals surface area contributed by atoms with Gasteiger partial charge in [-0.1, -0.05) is 25.5 Å². The zero-order valence-electron chi connectivity index (χ0n) is 9.19. The van der Waals surface area contributed by atoms with E-state index in [2.05, 4.69) is 6.92 Å². The number of aliphatic hydroxyl groups is 1. The summed E-state index contributed by atoms with van der Waals surface area (Å²) < 4.78 is 4.89. The number of carbonyl (C=O) groups excluding carboxylic acids is 1. The minimum absolute atomic E-state index is 0.0401. The monoisotopic (exact) mass is 200 g/mol. The molecule has 0 rings (SSSR count). The Labute approximate surface area is 85.8 Å². The van der Waals surface area contributed by atoms with Gasteiger partial charge in [-0.05, 0) is 20.3 Å². The van der Waals surface area contributed by atoms with Gasteiger partial charge >= 0.3 is 5.97 Å². The van der Waals surface area contributed by atoms with Crippen molar-refractivity contribution in [2.45, 2.75) is 52.2 Å². The maximum atomic E-state index is 11.1. The molecule has 1 atom stereocenters. The highest BCUT2D eigenvalue weighted by Crippen LogP contribution is 2.00. The normalized spacial score (nSPS) is 13.5. The molecule has 1 unspecified atom stereocenters. The molecule has 0 saturated carbocycles. The Morgan fingerprint density at radius 2 is 2.14 bits per heavy atom. The molecular weight excluding hydrogens is 180 g/mol. The van der Waals surface area contributed by atoms with Gasteiger partial charge in [-0.2, -0.15) is 0 Å². The summed E-state index contributed by atoms with van der Waals surface area (Å²) in [6, 6.07) is 0. The Balaban J connectivity index is 3.70. The Kier molecular flexibility index (Phi) is 7.11. The predicted octanol–water partition coefficient (Wildman–Crippen LogP) is 2.05. The van der Waals surface area contributed by atoms with Gasteiger partial charge in [0.15, 0.2) is 0 Å². The molecule has 0 aliphatic carbocycles. The lowest BCUT2D eigenvalue weighted by Gasteiger charge is -2.09. The number of allylic oxidation sites excluding steroid dienone is 1. The fourth-order valence-corrected chi connectivity index (χ4v) is 0.970. The second-order valence-corrected chi connectivity index (χ2v) is 3.53. The molecule has 0 fully saturated rings. The average Bonchev–Trinajstić information content (AvgIpc) is 2.02. The number of aliphatic hydroxyl groups excluding tert-OH is 1. The number of ether oxygens (including phenoxy) is 1. The predicted molar refractivity (Wildman–Crippen MR) is 55.9 cm³/mol. The molecule has 1 N–H and O–H groups in total. The Morgan fingerprint density at radius 1 is 1.50 bits per heavy atom. The first-order chi connectivity index (χ1) is 6.56. The van der Waals surface area contributed by atoms with Crippen molar-refractivity contribution in [2.75, 3.05) is 0 Å². The lowest BCUT2D eigenvalue weighted by molar-refractivity contribution is -0.148. The molecular formula is C11H20O3. The quantitative estimate of drug-likeness (QED) is 0.527. The van der Waals surface area contributed by atoms with Crippen LogP contribution >= 0.6 is 0 Å². The lowest BCUT2D eigenvalue weighted by Crippen LogP contribution is -2.17. The summed E-state index contributed by atoms with van der Waals surface area (Å²) in [6.07, 6.45) is 4.70. The maximum Gasteiger partial charge on any atom is 0.309 e. The fourth-order valence-electron chi connectivity index (χ4n) is 0.970. The van der Waals surface area contributed by atoms with E-state index in [1.54, 1.807) is 19.9 Å². The van der Waals surface area contributed by atoms with Crippen LogP contribution in [0.1, 0.15) is 40.0 Å². The van der Waals surface area contributed by atoms with Gasteiger partial charge in [-0.15, -0.1) is 0 Å². The van der Waals surface area contributed by atoms with Crippen LogP contribution in [-0.2, 0) is 9.53 Å². The van der Waals surface area contributed by atoms with Crippen LogP contribution in [0.2, 0.25) is 0 Å². The molecule has 14 heavy (non-hydrogen) atoms. The third-order valence-electron chi connectivity index (χ3n) is 1.56. The molecule has 0 aromatic rings. The van der Waals surface area contributed by atoms with Gasteiger partial charge in [0.2, 0.25) is 0 Å². The van der Waals surface area contributed by atoms with Crippen molar-refractivity contribution < 1.29 is 14.6 Å². The molecule has 0 bridgehead atoms. The van der Waals surface area contributed by atoms with E-state index < -0.39 is 6.10 Å². The van der Waals surface area contributed by atoms with Gasteiger partial charge in [-0.25, -0.2) is 0 Å². The van der Waals surface area contributed by atoms with Crippen LogP contribution in [0.15, 0.2) is 12.2 Å². The van der Waals surface area contributed by atoms with Gasteiger partial charge in [0.05, 0.1) is 18.6 Å². The second-order valence-electron chi connectivity index (χ2n) is 3.53. The van der Waals surface area contributed by atoms with Crippen LogP contribution in [0, 0.1) is 0 Å². The molecule has 3 heteroatoms. The summed E-state index contributed by atoms with van der Waals surface area (Å²) >= 11 is 0. The number of hydrogen-bond acceptors (Lipinski definition) is 3. The Bertz CT molecular complexity index is 185. The van der Waals surface area contributed by atoms with Gasteiger partial charge in [0, 0.05) is 0 Å². The number of unbranched alkanes of at least 4 members (excludes halogenated alkanes) is 1. The minimum Gasteiger partial charge on any atom is -0.463 e. The van der Waals surface area contributed by atoms with Gasteiger partial charge < -0.3 is 9.84 Å². The van der Waals surface area contributed by atoms with E-state index in [-0.39, 0.29) is 18.5 Å². The average molecular weight is 200 g/mol. The molecule has 82 valence electrons. The highest BCUT2D eigenvalue weighted by Gasteiger charge is 2.10. The first-order valence-corrected chi connectivity index (χ1v) is 5.10. The fraction of sp³-hybridized carbons (Fsp3) is 0.727. The van der Waals surface area contributed by atoms with Crippen LogP contribution in [0.25, 0.3) is 0 Å². The number of carbonyl (C=O) groups is 1. The first-order valence-electron chi connectivity index (χ1n) is 5.10. The molecule has 0 spiro atoms. The van der Waals surface area contributed by atoms with Crippen molar-refractivity contribution in [3.8, 4) is 0 Å². The number of esters is 1. The van der Waals surface area contributed by atoms with Gasteiger partial charge in [0.25, 0.3) is 0 Å². The number of hydrogen-bond donors (Lipinski definition) is 1. The van der Waals surface area contributed by atoms with Crippen molar-refractivity contribution in [2.24, 2.45) is 0 Å². The molecule has 0 aromatic carbocycles. The van der Waals surface area contributed by atoms with E-state index in [1.165, 1.54) is 0 Å². The van der Waals surface area contributed by atoms with Crippen LogP contribution in [0.5, 0.6) is 0 Å². The first kappa shape index (κ1) is 13.2. The molecule has 0 aliphatic rings. The molecule has 0 aromatic heterocycles. The minimum atomic E-state index is -0.715. The van der Waals surface area contributed by atoms with Crippen LogP contribution < -0.4 is 0 Å². The second kappa shape index (κ2) is 7.56. The molecule has 0 heterocycles. The molecule has 0 amide bonds. The van der Waals surface area contributed by atoms with Gasteiger partial charge in [-0.3, -0.25) is 4.79 Å². The molecule has 0 radical (unpaired) electrons. The highest BCUT2D eigenvalue weighted by molar-refractivity contribution is 5.70. The van der Waals surface area contributed by atoms with Crippen LogP contribution in [0.4, 0.5) is 0 Å². The largest absolute Gasteiger partial charge is 0.463 e. The van der Waals surface area contributed by atoms with Gasteiger partial charge in [0.1, 0.15) is 0 Å². The van der Waals surface area contributed by atoms with Crippen molar-refractivity contribution in [3.63, 3.8) is 0 Å². The smallest absolute Gasteiger partial charge is 0.309 e. The Morgan fingerprint density at radius 3 is 2.64 bits per heavy atom.